The third kappa shape index (κ3) is 2.82. The number of likely N-dealkylation sites (tertiary alicyclic amines) is 1. The van der Waals surface area contributed by atoms with Crippen molar-refractivity contribution in [2.45, 2.75) is 26.4 Å². The Balaban J connectivity index is 1.41. The lowest BCUT2D eigenvalue weighted by Crippen LogP contribution is -2.58. The Kier molecular flexibility index (Phi) is 3.64. The van der Waals surface area contributed by atoms with Gasteiger partial charge < -0.3 is 10.2 Å². The standard InChI is InChI=1S/C16H22N6O2/c1-9-3-10(2)18-15(17-9)22-7-11-5-21(6-12(11)8-22)13-4-14(23)20-16(24)19-13/h3,11-13H,4-8H2,1-2H3,(H2,19,20,23,24). The van der Waals surface area contributed by atoms with E-state index in [4.69, 9.17) is 0 Å². The summed E-state index contributed by atoms with van der Waals surface area (Å²) in [5.41, 5.74) is 1.99. The van der Waals surface area contributed by atoms with Gasteiger partial charge in [0.2, 0.25) is 11.9 Å². The van der Waals surface area contributed by atoms with Gasteiger partial charge in [-0.1, -0.05) is 0 Å². The van der Waals surface area contributed by atoms with Crippen LogP contribution in [0.3, 0.4) is 0 Å². The van der Waals surface area contributed by atoms with Crippen molar-refractivity contribution in [1.82, 2.24) is 25.5 Å². The molecule has 0 radical (unpaired) electrons. The Morgan fingerprint density at radius 3 is 2.25 bits per heavy atom. The molecule has 1 aromatic heterocycles. The summed E-state index contributed by atoms with van der Waals surface area (Å²) in [6.45, 7) is 7.63. The number of carbonyl (C=O) groups is 2. The van der Waals surface area contributed by atoms with Crippen molar-refractivity contribution in [3.63, 3.8) is 0 Å². The Bertz CT molecular complexity index is 643. The summed E-state index contributed by atoms with van der Waals surface area (Å²) < 4.78 is 0. The monoisotopic (exact) mass is 330 g/mol. The number of imide groups is 1. The number of nitrogens with zero attached hydrogens (tertiary/aromatic N) is 4. The number of urea groups is 1. The van der Waals surface area contributed by atoms with E-state index in [1.165, 1.54) is 0 Å². The van der Waals surface area contributed by atoms with E-state index in [2.05, 4.69) is 30.4 Å². The smallest absolute Gasteiger partial charge is 0.322 e. The van der Waals surface area contributed by atoms with Gasteiger partial charge in [-0.3, -0.25) is 15.0 Å². The van der Waals surface area contributed by atoms with Gasteiger partial charge in [0.25, 0.3) is 0 Å². The molecule has 3 aliphatic rings. The average molecular weight is 330 g/mol. The molecule has 3 saturated heterocycles. The van der Waals surface area contributed by atoms with E-state index in [1.54, 1.807) is 0 Å². The summed E-state index contributed by atoms with van der Waals surface area (Å²) in [6, 6.07) is 1.59. The molecular weight excluding hydrogens is 308 g/mol. The maximum Gasteiger partial charge on any atom is 0.322 e. The molecule has 3 fully saturated rings. The summed E-state index contributed by atoms with van der Waals surface area (Å²) in [7, 11) is 0. The third-order valence-electron chi connectivity index (χ3n) is 5.14. The first-order valence-electron chi connectivity index (χ1n) is 8.39. The quantitative estimate of drug-likeness (QED) is 0.794. The molecular formula is C16H22N6O2. The summed E-state index contributed by atoms with van der Waals surface area (Å²) in [5, 5.41) is 5.13. The van der Waals surface area contributed by atoms with Crippen LogP contribution in [0.2, 0.25) is 0 Å². The molecule has 0 saturated carbocycles. The highest BCUT2D eigenvalue weighted by atomic mass is 16.2. The lowest BCUT2D eigenvalue weighted by atomic mass is 10.0. The van der Waals surface area contributed by atoms with Gasteiger partial charge in [-0.05, 0) is 31.7 Å². The Morgan fingerprint density at radius 2 is 1.67 bits per heavy atom. The van der Waals surface area contributed by atoms with Crippen molar-refractivity contribution in [2.24, 2.45) is 11.8 Å². The SMILES string of the molecule is Cc1cc(C)nc(N2CC3CN(C4CC(=O)NC(=O)N4)CC3C2)n1. The molecule has 3 aliphatic heterocycles. The summed E-state index contributed by atoms with van der Waals surface area (Å²) in [6.07, 6.45) is 0.150. The average Bonchev–Trinajstić information content (AvgIpc) is 3.03. The Labute approximate surface area is 140 Å². The van der Waals surface area contributed by atoms with Crippen molar-refractivity contribution in [3.05, 3.63) is 17.5 Å². The van der Waals surface area contributed by atoms with Crippen molar-refractivity contribution in [3.8, 4) is 0 Å². The van der Waals surface area contributed by atoms with Crippen molar-refractivity contribution in [2.75, 3.05) is 31.1 Å². The number of amides is 3. The van der Waals surface area contributed by atoms with E-state index < -0.39 is 6.03 Å². The van der Waals surface area contributed by atoms with Crippen molar-refractivity contribution < 1.29 is 9.59 Å². The van der Waals surface area contributed by atoms with Crippen LogP contribution in [0.15, 0.2) is 6.07 Å². The van der Waals surface area contributed by atoms with Gasteiger partial charge in [0.05, 0.1) is 12.6 Å². The van der Waals surface area contributed by atoms with E-state index >= 15 is 0 Å². The normalized spacial score (nSPS) is 30.2. The third-order valence-corrected chi connectivity index (χ3v) is 5.14. The number of hydrogen-bond donors (Lipinski definition) is 2. The minimum absolute atomic E-state index is 0.178. The summed E-state index contributed by atoms with van der Waals surface area (Å²) >= 11 is 0. The Morgan fingerprint density at radius 1 is 1.04 bits per heavy atom. The van der Waals surface area contributed by atoms with Crippen molar-refractivity contribution in [1.29, 1.82) is 0 Å². The van der Waals surface area contributed by atoms with E-state index in [0.29, 0.717) is 18.3 Å². The minimum Gasteiger partial charge on any atom is -0.340 e. The first-order chi connectivity index (χ1) is 11.5. The van der Waals surface area contributed by atoms with Crippen LogP contribution in [0.5, 0.6) is 0 Å². The number of nitrogens with one attached hydrogen (secondary N) is 2. The second-order valence-corrected chi connectivity index (χ2v) is 7.07. The van der Waals surface area contributed by atoms with Crippen LogP contribution in [0, 0.1) is 25.7 Å². The maximum atomic E-state index is 11.6. The summed E-state index contributed by atoms with van der Waals surface area (Å²) in [4.78, 5) is 36.7. The highest BCUT2D eigenvalue weighted by Gasteiger charge is 2.44. The second kappa shape index (κ2) is 5.70. The van der Waals surface area contributed by atoms with Crippen LogP contribution < -0.4 is 15.5 Å². The fourth-order valence-electron chi connectivity index (χ4n) is 4.11. The number of aryl methyl sites for hydroxylation is 2. The molecule has 128 valence electrons. The van der Waals surface area contributed by atoms with Crippen LogP contribution >= 0.6 is 0 Å². The molecule has 2 N–H and O–H groups in total. The lowest BCUT2D eigenvalue weighted by molar-refractivity contribution is -0.122. The molecule has 0 aromatic carbocycles. The molecule has 3 amide bonds. The van der Waals surface area contributed by atoms with Crippen LogP contribution in [0.4, 0.5) is 10.7 Å². The van der Waals surface area contributed by atoms with Crippen LogP contribution in [0.25, 0.3) is 0 Å². The van der Waals surface area contributed by atoms with Crippen LogP contribution in [-0.2, 0) is 4.79 Å². The number of fused-ring (bicyclic) bond motifs is 1. The molecule has 4 rings (SSSR count). The molecule has 0 bridgehead atoms. The zero-order chi connectivity index (χ0) is 16.8. The fourth-order valence-corrected chi connectivity index (χ4v) is 4.11. The van der Waals surface area contributed by atoms with Gasteiger partial charge in [0, 0.05) is 37.6 Å². The molecule has 4 heterocycles. The van der Waals surface area contributed by atoms with Gasteiger partial charge in [-0.2, -0.15) is 0 Å². The Hall–Kier alpha value is -2.22. The largest absolute Gasteiger partial charge is 0.340 e. The minimum atomic E-state index is -0.390. The molecule has 3 atom stereocenters. The number of carbonyl (C=O) groups excluding carboxylic acids is 2. The maximum absolute atomic E-state index is 11.6. The number of hydrogen-bond acceptors (Lipinski definition) is 6. The van der Waals surface area contributed by atoms with Crippen molar-refractivity contribution >= 4 is 17.9 Å². The van der Waals surface area contributed by atoms with Gasteiger partial charge in [-0.15, -0.1) is 0 Å². The molecule has 24 heavy (non-hydrogen) atoms. The molecule has 3 unspecified atom stereocenters. The predicted molar refractivity (Wildman–Crippen MR) is 87.4 cm³/mol. The van der Waals surface area contributed by atoms with Crippen LogP contribution in [-0.4, -0.2) is 59.2 Å². The van der Waals surface area contributed by atoms with Gasteiger partial charge in [0.15, 0.2) is 0 Å². The second-order valence-electron chi connectivity index (χ2n) is 7.07. The van der Waals surface area contributed by atoms with Gasteiger partial charge >= 0.3 is 6.03 Å². The van der Waals surface area contributed by atoms with E-state index in [0.717, 1.165) is 43.5 Å². The number of aromatic nitrogens is 2. The highest BCUT2D eigenvalue weighted by Crippen LogP contribution is 2.34. The zero-order valence-corrected chi connectivity index (χ0v) is 14.0. The van der Waals surface area contributed by atoms with Gasteiger partial charge in [-0.25, -0.2) is 14.8 Å². The molecule has 8 nitrogen and oxygen atoms in total. The number of anilines is 1. The highest BCUT2D eigenvalue weighted by molar-refractivity contribution is 5.97. The lowest BCUT2D eigenvalue weighted by Gasteiger charge is -2.32. The van der Waals surface area contributed by atoms with E-state index in [-0.39, 0.29) is 12.1 Å². The van der Waals surface area contributed by atoms with E-state index in [1.807, 2.05) is 19.9 Å². The molecule has 8 heteroatoms. The molecule has 0 spiro atoms. The zero-order valence-electron chi connectivity index (χ0n) is 14.0. The van der Waals surface area contributed by atoms with Gasteiger partial charge in [0.1, 0.15) is 0 Å². The predicted octanol–water partition coefficient (Wildman–Crippen LogP) is 0.0170. The fraction of sp³-hybridized carbons (Fsp3) is 0.625. The first-order valence-corrected chi connectivity index (χ1v) is 8.39. The topological polar surface area (TPSA) is 90.5 Å². The molecule has 0 aliphatic carbocycles. The van der Waals surface area contributed by atoms with E-state index in [9.17, 15) is 9.59 Å². The molecule has 1 aromatic rings. The number of rotatable bonds is 2. The summed E-state index contributed by atoms with van der Waals surface area (Å²) in [5.74, 6) is 1.66. The first kappa shape index (κ1) is 15.3. The van der Waals surface area contributed by atoms with Crippen LogP contribution in [0.1, 0.15) is 17.8 Å².